The van der Waals surface area contributed by atoms with E-state index in [9.17, 15) is 4.79 Å². The summed E-state index contributed by atoms with van der Waals surface area (Å²) in [6.07, 6.45) is 1.95. The van der Waals surface area contributed by atoms with Gasteiger partial charge >= 0.3 is 0 Å². The van der Waals surface area contributed by atoms with Crippen molar-refractivity contribution in [3.8, 4) is 22.8 Å². The molecule has 1 aliphatic heterocycles. The highest BCUT2D eigenvalue weighted by molar-refractivity contribution is 5.94. The van der Waals surface area contributed by atoms with Crippen LogP contribution in [0.4, 0.5) is 5.82 Å². The fourth-order valence-corrected chi connectivity index (χ4v) is 3.83. The van der Waals surface area contributed by atoms with Gasteiger partial charge in [0.1, 0.15) is 11.5 Å². The Morgan fingerprint density at radius 1 is 1.16 bits per heavy atom. The Morgan fingerprint density at radius 2 is 1.90 bits per heavy atom. The van der Waals surface area contributed by atoms with Crippen molar-refractivity contribution in [1.82, 2.24) is 15.5 Å². The Labute approximate surface area is 182 Å². The molecule has 1 aromatic heterocycles. The minimum atomic E-state index is -0.0594. The summed E-state index contributed by atoms with van der Waals surface area (Å²) in [4.78, 5) is 14.9. The molecule has 4 rings (SSSR count). The maximum absolute atomic E-state index is 12.7. The number of methoxy groups -OCH3 is 1. The number of aromatic nitrogens is 2. The number of H-pyrrole nitrogens is 1. The number of carbonyl (C=O) groups is 1. The van der Waals surface area contributed by atoms with Gasteiger partial charge in [0.05, 0.1) is 19.4 Å². The predicted molar refractivity (Wildman–Crippen MR) is 121 cm³/mol. The van der Waals surface area contributed by atoms with Crippen LogP contribution in [0.1, 0.15) is 30.1 Å². The minimum absolute atomic E-state index is 0.0594. The van der Waals surface area contributed by atoms with Gasteiger partial charge in [0.2, 0.25) is 0 Å². The summed E-state index contributed by atoms with van der Waals surface area (Å²) in [5.74, 6) is 2.43. The van der Waals surface area contributed by atoms with Crippen molar-refractivity contribution in [1.29, 1.82) is 0 Å². The van der Waals surface area contributed by atoms with E-state index < -0.39 is 0 Å². The Bertz CT molecular complexity index is 998. The number of ether oxygens (including phenoxy) is 2. The van der Waals surface area contributed by atoms with E-state index in [1.165, 1.54) is 0 Å². The van der Waals surface area contributed by atoms with Gasteiger partial charge in [0.15, 0.2) is 5.82 Å². The molecule has 1 saturated heterocycles. The fraction of sp³-hybridized carbons (Fsp3) is 0.333. The van der Waals surface area contributed by atoms with Gasteiger partial charge in [0.25, 0.3) is 5.91 Å². The second-order valence-corrected chi connectivity index (χ2v) is 7.58. The number of rotatable bonds is 7. The molecule has 1 amide bonds. The first-order valence-corrected chi connectivity index (χ1v) is 10.6. The first kappa shape index (κ1) is 20.8. The maximum Gasteiger partial charge on any atom is 0.251 e. The molecule has 0 unspecified atom stereocenters. The van der Waals surface area contributed by atoms with Crippen molar-refractivity contribution < 1.29 is 14.3 Å². The van der Waals surface area contributed by atoms with Crippen LogP contribution in [0, 0.1) is 0 Å². The summed E-state index contributed by atoms with van der Waals surface area (Å²) in [7, 11) is 1.66. The lowest BCUT2D eigenvalue weighted by Gasteiger charge is -2.33. The zero-order chi connectivity index (χ0) is 21.6. The summed E-state index contributed by atoms with van der Waals surface area (Å²) in [5.41, 5.74) is 2.65. The van der Waals surface area contributed by atoms with Crippen LogP contribution in [0.15, 0.2) is 54.6 Å². The summed E-state index contributed by atoms with van der Waals surface area (Å²) in [6, 6.07) is 17.3. The first-order chi connectivity index (χ1) is 15.2. The lowest BCUT2D eigenvalue weighted by molar-refractivity contribution is 0.0933. The Hall–Kier alpha value is -3.48. The Balaban J connectivity index is 1.38. The van der Waals surface area contributed by atoms with Gasteiger partial charge in [-0.3, -0.25) is 9.89 Å². The van der Waals surface area contributed by atoms with Gasteiger partial charge in [0, 0.05) is 30.8 Å². The molecule has 1 atom stereocenters. The van der Waals surface area contributed by atoms with Crippen molar-refractivity contribution in [2.75, 3.05) is 31.7 Å². The molecule has 0 saturated carbocycles. The number of amides is 1. The van der Waals surface area contributed by atoms with E-state index >= 15 is 0 Å². The second-order valence-electron chi connectivity index (χ2n) is 7.58. The molecule has 0 bridgehead atoms. The molecule has 2 N–H and O–H groups in total. The van der Waals surface area contributed by atoms with Crippen LogP contribution in [0.25, 0.3) is 11.3 Å². The molecule has 0 radical (unpaired) electrons. The van der Waals surface area contributed by atoms with Crippen molar-refractivity contribution in [3.63, 3.8) is 0 Å². The van der Waals surface area contributed by atoms with Crippen LogP contribution in [0.5, 0.6) is 11.5 Å². The average Bonchev–Trinajstić information content (AvgIpc) is 3.30. The smallest absolute Gasteiger partial charge is 0.251 e. The van der Waals surface area contributed by atoms with Gasteiger partial charge in [-0.2, -0.15) is 5.10 Å². The van der Waals surface area contributed by atoms with E-state index in [4.69, 9.17) is 9.47 Å². The van der Waals surface area contributed by atoms with Gasteiger partial charge in [-0.25, -0.2) is 0 Å². The van der Waals surface area contributed by atoms with Crippen LogP contribution >= 0.6 is 0 Å². The number of aromatic amines is 1. The molecule has 0 spiro atoms. The minimum Gasteiger partial charge on any atom is -0.497 e. The third kappa shape index (κ3) is 4.99. The largest absolute Gasteiger partial charge is 0.497 e. The van der Waals surface area contributed by atoms with E-state index in [2.05, 4.69) is 26.5 Å². The zero-order valence-corrected chi connectivity index (χ0v) is 17.9. The van der Waals surface area contributed by atoms with Crippen molar-refractivity contribution in [3.05, 3.63) is 60.2 Å². The Morgan fingerprint density at radius 3 is 2.61 bits per heavy atom. The monoisotopic (exact) mass is 420 g/mol. The molecule has 0 aliphatic carbocycles. The fourth-order valence-electron chi connectivity index (χ4n) is 3.83. The molecule has 1 fully saturated rings. The number of anilines is 1. The SMILES string of the molecule is CCOc1ccc(C(=O)N[C@@H]2CCCN(c3cc(-c4ccc(OC)cc4)[nH]n3)C2)cc1. The highest BCUT2D eigenvalue weighted by Crippen LogP contribution is 2.26. The second kappa shape index (κ2) is 9.55. The molecule has 1 aliphatic rings. The van der Waals surface area contributed by atoms with Crippen LogP contribution < -0.4 is 19.7 Å². The molecule has 31 heavy (non-hydrogen) atoms. The molecule has 7 heteroatoms. The van der Waals surface area contributed by atoms with E-state index in [0.717, 1.165) is 54.5 Å². The molecular weight excluding hydrogens is 392 g/mol. The van der Waals surface area contributed by atoms with Crippen LogP contribution in [0.2, 0.25) is 0 Å². The number of piperidine rings is 1. The van der Waals surface area contributed by atoms with E-state index in [0.29, 0.717) is 12.2 Å². The van der Waals surface area contributed by atoms with Gasteiger partial charge in [-0.1, -0.05) is 0 Å². The zero-order valence-electron chi connectivity index (χ0n) is 17.9. The van der Waals surface area contributed by atoms with Crippen LogP contribution in [0.3, 0.4) is 0 Å². The number of benzene rings is 2. The molecule has 2 aromatic carbocycles. The van der Waals surface area contributed by atoms with Crippen molar-refractivity contribution in [2.24, 2.45) is 0 Å². The molecule has 3 aromatic rings. The van der Waals surface area contributed by atoms with Crippen LogP contribution in [-0.2, 0) is 0 Å². The number of hydrogen-bond donors (Lipinski definition) is 2. The highest BCUT2D eigenvalue weighted by Gasteiger charge is 2.23. The molecule has 7 nitrogen and oxygen atoms in total. The third-order valence-corrected chi connectivity index (χ3v) is 5.47. The topological polar surface area (TPSA) is 79.5 Å². The summed E-state index contributed by atoms with van der Waals surface area (Å²) >= 11 is 0. The maximum atomic E-state index is 12.7. The van der Waals surface area contributed by atoms with E-state index in [-0.39, 0.29) is 11.9 Å². The number of nitrogens with zero attached hydrogens (tertiary/aromatic N) is 2. The standard InChI is InChI=1S/C24H28N4O3/c1-3-31-21-12-8-18(9-13-21)24(29)25-19-5-4-14-28(16-19)23-15-22(26-27-23)17-6-10-20(30-2)11-7-17/h6-13,15,19H,3-5,14,16H2,1-2H3,(H,25,29)(H,26,27)/t19-/m1/s1. The number of carbonyl (C=O) groups excluding carboxylic acids is 1. The molecule has 2 heterocycles. The lowest BCUT2D eigenvalue weighted by atomic mass is 10.0. The average molecular weight is 421 g/mol. The third-order valence-electron chi connectivity index (χ3n) is 5.47. The predicted octanol–water partition coefficient (Wildman–Crippen LogP) is 3.88. The van der Waals surface area contributed by atoms with Gasteiger partial charge in [-0.05, 0) is 73.9 Å². The Kier molecular flexibility index (Phi) is 6.40. The quantitative estimate of drug-likeness (QED) is 0.606. The van der Waals surface area contributed by atoms with E-state index in [1.54, 1.807) is 19.2 Å². The van der Waals surface area contributed by atoms with E-state index in [1.807, 2.05) is 43.3 Å². The number of nitrogens with one attached hydrogen (secondary N) is 2. The highest BCUT2D eigenvalue weighted by atomic mass is 16.5. The number of hydrogen-bond acceptors (Lipinski definition) is 5. The molecule has 162 valence electrons. The summed E-state index contributed by atoms with van der Waals surface area (Å²) < 4.78 is 10.7. The first-order valence-electron chi connectivity index (χ1n) is 10.6. The van der Waals surface area contributed by atoms with Crippen LogP contribution in [-0.4, -0.2) is 49.0 Å². The van der Waals surface area contributed by atoms with Gasteiger partial charge < -0.3 is 19.7 Å². The normalized spacial score (nSPS) is 16.1. The van der Waals surface area contributed by atoms with Crippen molar-refractivity contribution in [2.45, 2.75) is 25.8 Å². The van der Waals surface area contributed by atoms with Gasteiger partial charge in [-0.15, -0.1) is 0 Å². The lowest BCUT2D eigenvalue weighted by Crippen LogP contribution is -2.48. The van der Waals surface area contributed by atoms with Crippen molar-refractivity contribution >= 4 is 11.7 Å². The summed E-state index contributed by atoms with van der Waals surface area (Å²) in [6.45, 7) is 4.20. The molecular formula is C24H28N4O3. The summed E-state index contributed by atoms with van der Waals surface area (Å²) in [5, 5.41) is 10.8.